The van der Waals surface area contributed by atoms with E-state index in [0.29, 0.717) is 24.4 Å². The zero-order valence-corrected chi connectivity index (χ0v) is 16.7. The van der Waals surface area contributed by atoms with E-state index in [1.54, 1.807) is 18.5 Å². The lowest BCUT2D eigenvalue weighted by Crippen LogP contribution is -2.21. The molecular formula is C21H24N2O3S. The summed E-state index contributed by atoms with van der Waals surface area (Å²) in [7, 11) is 1.38. The van der Waals surface area contributed by atoms with Gasteiger partial charge in [-0.3, -0.25) is 4.98 Å². The molecule has 0 amide bonds. The summed E-state index contributed by atoms with van der Waals surface area (Å²) in [4.78, 5) is 17.0. The lowest BCUT2D eigenvalue weighted by Gasteiger charge is -2.27. The molecule has 0 radical (unpaired) electrons. The first-order valence-electron chi connectivity index (χ1n) is 8.91. The molecule has 6 heteroatoms. The van der Waals surface area contributed by atoms with Gasteiger partial charge in [-0.25, -0.2) is 4.79 Å². The summed E-state index contributed by atoms with van der Waals surface area (Å²) >= 11 is 4.44. The molecule has 0 saturated heterocycles. The number of carbonyl (C=O) groups excluding carboxylic acids is 1. The molecule has 0 saturated carbocycles. The standard InChI is InChI=1S/C21H24N2O3S/c1-13(14(2)27)15-4-5-17-16(7-9-26-20(17)10-15)11-23-19-12-22-8-6-18(19)21(24)25-3/h4-6,8,10,12,16,23,27H,7,9,11H2,1-3H3/b14-13+. The predicted molar refractivity (Wildman–Crippen MR) is 111 cm³/mol. The predicted octanol–water partition coefficient (Wildman–Crippen LogP) is 4.53. The molecule has 1 aromatic carbocycles. The highest BCUT2D eigenvalue weighted by Gasteiger charge is 2.23. The quantitative estimate of drug-likeness (QED) is 0.586. The van der Waals surface area contributed by atoms with Gasteiger partial charge in [0.15, 0.2) is 0 Å². The van der Waals surface area contributed by atoms with Crippen molar-refractivity contribution in [2.45, 2.75) is 26.2 Å². The second kappa shape index (κ2) is 8.48. The number of ether oxygens (including phenoxy) is 2. The third-order valence-corrected chi connectivity index (χ3v) is 5.25. The Morgan fingerprint density at radius 3 is 2.93 bits per heavy atom. The van der Waals surface area contributed by atoms with Crippen molar-refractivity contribution in [1.82, 2.24) is 4.98 Å². The van der Waals surface area contributed by atoms with Gasteiger partial charge in [-0.2, -0.15) is 0 Å². The molecule has 27 heavy (non-hydrogen) atoms. The van der Waals surface area contributed by atoms with Gasteiger partial charge in [0, 0.05) is 18.7 Å². The molecule has 1 atom stereocenters. The van der Waals surface area contributed by atoms with Crippen molar-refractivity contribution in [2.24, 2.45) is 0 Å². The minimum Gasteiger partial charge on any atom is -0.493 e. The number of aromatic nitrogens is 1. The van der Waals surface area contributed by atoms with E-state index in [-0.39, 0.29) is 11.9 Å². The minimum absolute atomic E-state index is 0.287. The number of anilines is 1. The van der Waals surface area contributed by atoms with Crippen LogP contribution in [-0.2, 0) is 4.74 Å². The van der Waals surface area contributed by atoms with Crippen molar-refractivity contribution in [3.63, 3.8) is 0 Å². The third-order valence-electron chi connectivity index (χ3n) is 4.92. The number of pyridine rings is 1. The minimum atomic E-state index is -0.374. The van der Waals surface area contributed by atoms with E-state index in [1.807, 2.05) is 6.92 Å². The SMILES string of the molecule is COC(=O)c1ccncc1NCC1CCOc2cc(/C(C)=C(\C)S)ccc21. The van der Waals surface area contributed by atoms with Crippen LogP contribution in [0.2, 0.25) is 0 Å². The number of nitrogens with one attached hydrogen (secondary N) is 1. The molecule has 3 rings (SSSR count). The Labute approximate surface area is 165 Å². The van der Waals surface area contributed by atoms with Gasteiger partial charge in [-0.05, 0) is 54.0 Å². The van der Waals surface area contributed by atoms with Crippen LogP contribution in [0.1, 0.15) is 47.7 Å². The van der Waals surface area contributed by atoms with Crippen molar-refractivity contribution < 1.29 is 14.3 Å². The van der Waals surface area contributed by atoms with E-state index in [2.05, 4.69) is 48.1 Å². The lowest BCUT2D eigenvalue weighted by molar-refractivity contribution is 0.0601. The van der Waals surface area contributed by atoms with Gasteiger partial charge in [0.25, 0.3) is 0 Å². The van der Waals surface area contributed by atoms with E-state index in [9.17, 15) is 4.79 Å². The summed E-state index contributed by atoms with van der Waals surface area (Å²) in [6.45, 7) is 5.40. The molecule has 1 aromatic heterocycles. The topological polar surface area (TPSA) is 60.5 Å². The monoisotopic (exact) mass is 384 g/mol. The van der Waals surface area contributed by atoms with Crippen LogP contribution in [0.15, 0.2) is 41.6 Å². The fourth-order valence-corrected chi connectivity index (χ4v) is 3.30. The fourth-order valence-electron chi connectivity index (χ4n) is 3.17. The fraction of sp³-hybridized carbons (Fsp3) is 0.333. The van der Waals surface area contributed by atoms with Gasteiger partial charge >= 0.3 is 5.97 Å². The number of benzene rings is 1. The molecule has 0 fully saturated rings. The number of fused-ring (bicyclic) bond motifs is 1. The van der Waals surface area contributed by atoms with Crippen LogP contribution in [0.4, 0.5) is 5.69 Å². The van der Waals surface area contributed by atoms with E-state index < -0.39 is 0 Å². The third kappa shape index (κ3) is 4.27. The van der Waals surface area contributed by atoms with Gasteiger partial charge in [-0.1, -0.05) is 12.1 Å². The van der Waals surface area contributed by atoms with Crippen LogP contribution in [0, 0.1) is 0 Å². The number of carbonyl (C=O) groups is 1. The number of methoxy groups -OCH3 is 1. The van der Waals surface area contributed by atoms with Gasteiger partial charge in [0.05, 0.1) is 31.2 Å². The zero-order chi connectivity index (χ0) is 19.4. The second-order valence-corrected chi connectivity index (χ2v) is 7.26. The van der Waals surface area contributed by atoms with Crippen LogP contribution in [0.5, 0.6) is 5.75 Å². The van der Waals surface area contributed by atoms with Crippen LogP contribution in [-0.4, -0.2) is 31.2 Å². The Morgan fingerprint density at radius 1 is 1.37 bits per heavy atom. The van der Waals surface area contributed by atoms with Crippen LogP contribution < -0.4 is 10.1 Å². The second-order valence-electron chi connectivity index (χ2n) is 6.59. The number of hydrogen-bond donors (Lipinski definition) is 2. The van der Waals surface area contributed by atoms with Gasteiger partial charge in [-0.15, -0.1) is 12.6 Å². The number of nitrogens with zero attached hydrogens (tertiary/aromatic N) is 1. The normalized spacial score (nSPS) is 16.7. The Hall–Kier alpha value is -2.47. The van der Waals surface area contributed by atoms with Crippen molar-refractivity contribution in [1.29, 1.82) is 0 Å². The van der Waals surface area contributed by atoms with Crippen molar-refractivity contribution >= 4 is 29.9 Å². The van der Waals surface area contributed by atoms with E-state index in [1.165, 1.54) is 12.7 Å². The van der Waals surface area contributed by atoms with Crippen molar-refractivity contribution in [3.05, 3.63) is 58.3 Å². The molecule has 0 spiro atoms. The molecule has 142 valence electrons. The molecule has 2 heterocycles. The average Bonchev–Trinajstić information content (AvgIpc) is 2.70. The smallest absolute Gasteiger partial charge is 0.340 e. The molecular weight excluding hydrogens is 360 g/mol. The number of thiol groups is 1. The molecule has 5 nitrogen and oxygen atoms in total. The molecule has 1 aliphatic rings. The number of hydrogen-bond acceptors (Lipinski definition) is 6. The van der Waals surface area contributed by atoms with Gasteiger partial charge in [0.2, 0.25) is 0 Å². The summed E-state index contributed by atoms with van der Waals surface area (Å²) in [6, 6.07) is 7.98. The Bertz CT molecular complexity index is 875. The number of esters is 1. The molecule has 1 aliphatic heterocycles. The maximum atomic E-state index is 11.9. The summed E-state index contributed by atoms with van der Waals surface area (Å²) in [5, 5.41) is 3.35. The Balaban J connectivity index is 1.80. The Morgan fingerprint density at radius 2 is 2.19 bits per heavy atom. The van der Waals surface area contributed by atoms with E-state index >= 15 is 0 Å². The summed E-state index contributed by atoms with van der Waals surface area (Å²) in [5.74, 6) is 0.829. The average molecular weight is 385 g/mol. The maximum Gasteiger partial charge on any atom is 0.340 e. The molecule has 1 unspecified atom stereocenters. The highest BCUT2D eigenvalue weighted by atomic mass is 32.1. The molecule has 1 N–H and O–H groups in total. The van der Waals surface area contributed by atoms with Crippen LogP contribution >= 0.6 is 12.6 Å². The lowest BCUT2D eigenvalue weighted by atomic mass is 9.91. The highest BCUT2D eigenvalue weighted by Crippen LogP contribution is 2.36. The zero-order valence-electron chi connectivity index (χ0n) is 15.8. The van der Waals surface area contributed by atoms with E-state index in [4.69, 9.17) is 9.47 Å². The summed E-state index contributed by atoms with van der Waals surface area (Å²) in [5.41, 5.74) is 4.60. The number of allylic oxidation sites excluding steroid dienone is 2. The van der Waals surface area contributed by atoms with E-state index in [0.717, 1.165) is 28.2 Å². The first-order valence-corrected chi connectivity index (χ1v) is 9.35. The molecule has 2 aromatic rings. The van der Waals surface area contributed by atoms with Crippen molar-refractivity contribution in [3.8, 4) is 5.75 Å². The van der Waals surface area contributed by atoms with Crippen LogP contribution in [0.3, 0.4) is 0 Å². The molecule has 0 aliphatic carbocycles. The number of rotatable bonds is 5. The summed E-state index contributed by atoms with van der Waals surface area (Å²) in [6.07, 6.45) is 4.15. The van der Waals surface area contributed by atoms with Crippen LogP contribution in [0.25, 0.3) is 5.57 Å². The highest BCUT2D eigenvalue weighted by molar-refractivity contribution is 7.84. The largest absolute Gasteiger partial charge is 0.493 e. The van der Waals surface area contributed by atoms with Gasteiger partial charge < -0.3 is 14.8 Å². The molecule has 0 bridgehead atoms. The van der Waals surface area contributed by atoms with Crippen molar-refractivity contribution in [2.75, 3.05) is 25.6 Å². The van der Waals surface area contributed by atoms with Gasteiger partial charge in [0.1, 0.15) is 5.75 Å². The Kier molecular flexibility index (Phi) is 6.06. The first kappa shape index (κ1) is 19.3. The first-order chi connectivity index (χ1) is 13.0. The summed E-state index contributed by atoms with van der Waals surface area (Å²) < 4.78 is 10.7. The maximum absolute atomic E-state index is 11.9.